The molecule has 0 spiro atoms. The van der Waals surface area contributed by atoms with E-state index in [4.69, 9.17) is 0 Å². The third kappa shape index (κ3) is 11.2. The Labute approximate surface area is 92.6 Å². The fourth-order valence-corrected chi connectivity index (χ4v) is 1.25. The number of ketones is 1. The van der Waals surface area contributed by atoms with E-state index < -0.39 is 0 Å². The van der Waals surface area contributed by atoms with Crippen molar-refractivity contribution in [2.45, 2.75) is 46.5 Å². The van der Waals surface area contributed by atoms with E-state index in [1.54, 1.807) is 0 Å². The van der Waals surface area contributed by atoms with Gasteiger partial charge in [-0.1, -0.05) is 27.2 Å². The average molecular weight is 213 g/mol. The highest BCUT2D eigenvalue weighted by atomic mass is 16.2. The zero-order valence-corrected chi connectivity index (χ0v) is 10.1. The van der Waals surface area contributed by atoms with Crippen LogP contribution in [-0.2, 0) is 9.59 Å². The molecule has 0 saturated heterocycles. The summed E-state index contributed by atoms with van der Waals surface area (Å²) in [5.41, 5.74) is 0.327. The maximum absolute atomic E-state index is 10.6. The lowest BCUT2D eigenvalue weighted by Crippen LogP contribution is -2.27. The Hall–Kier alpha value is -0.700. The van der Waals surface area contributed by atoms with Crippen molar-refractivity contribution in [2.24, 2.45) is 5.41 Å². The van der Waals surface area contributed by atoms with E-state index in [2.05, 4.69) is 26.1 Å². The summed E-state index contributed by atoms with van der Waals surface area (Å²) in [5, 5.41) is 3.37. The summed E-state index contributed by atoms with van der Waals surface area (Å²) in [7, 11) is 0. The first kappa shape index (κ1) is 14.3. The van der Waals surface area contributed by atoms with Crippen LogP contribution < -0.4 is 5.32 Å². The van der Waals surface area contributed by atoms with E-state index in [0.717, 1.165) is 32.4 Å². The van der Waals surface area contributed by atoms with E-state index in [-0.39, 0.29) is 5.78 Å². The van der Waals surface area contributed by atoms with E-state index in [0.29, 0.717) is 18.1 Å². The fraction of sp³-hybridized carbons (Fsp3) is 0.833. The number of hydrogen-bond acceptors (Lipinski definition) is 3. The minimum Gasteiger partial charge on any atom is -0.316 e. The standard InChI is InChI=1S/C12H23NO2/c1-12(2,3)10-13-8-6-4-5-7-11(15)9-14/h9,13H,4-8,10H2,1-3H3. The molecule has 0 aromatic heterocycles. The second kappa shape index (κ2) is 7.57. The molecule has 0 heterocycles. The van der Waals surface area contributed by atoms with Gasteiger partial charge in [0.05, 0.1) is 0 Å². The summed E-state index contributed by atoms with van der Waals surface area (Å²) in [4.78, 5) is 20.7. The van der Waals surface area contributed by atoms with Gasteiger partial charge in [-0.05, 0) is 31.3 Å². The maximum Gasteiger partial charge on any atom is 0.195 e. The molecule has 0 bridgehead atoms. The Morgan fingerprint density at radius 1 is 1.20 bits per heavy atom. The molecule has 0 radical (unpaired) electrons. The van der Waals surface area contributed by atoms with Gasteiger partial charge in [-0.15, -0.1) is 0 Å². The van der Waals surface area contributed by atoms with Crippen LogP contribution in [0.3, 0.4) is 0 Å². The van der Waals surface area contributed by atoms with Crippen molar-refractivity contribution in [3.8, 4) is 0 Å². The van der Waals surface area contributed by atoms with Crippen LogP contribution in [0.25, 0.3) is 0 Å². The quantitative estimate of drug-likeness (QED) is 0.381. The molecule has 0 aliphatic rings. The van der Waals surface area contributed by atoms with Gasteiger partial charge in [0.2, 0.25) is 0 Å². The smallest absolute Gasteiger partial charge is 0.195 e. The van der Waals surface area contributed by atoms with Crippen LogP contribution in [0.15, 0.2) is 0 Å². The molecule has 0 fully saturated rings. The SMILES string of the molecule is CC(C)(C)CNCCCCCC(=O)C=O. The van der Waals surface area contributed by atoms with Crippen LogP contribution >= 0.6 is 0 Å². The van der Waals surface area contributed by atoms with E-state index >= 15 is 0 Å². The Morgan fingerprint density at radius 3 is 2.40 bits per heavy atom. The van der Waals surface area contributed by atoms with Crippen molar-refractivity contribution < 1.29 is 9.59 Å². The van der Waals surface area contributed by atoms with Gasteiger partial charge < -0.3 is 5.32 Å². The molecule has 88 valence electrons. The van der Waals surface area contributed by atoms with E-state index in [9.17, 15) is 9.59 Å². The number of hydrogen-bond donors (Lipinski definition) is 1. The molecule has 3 nitrogen and oxygen atoms in total. The average Bonchev–Trinajstić information content (AvgIpc) is 2.14. The molecule has 0 atom stereocenters. The molecule has 0 saturated carbocycles. The molecule has 0 aliphatic carbocycles. The molecular weight excluding hydrogens is 190 g/mol. The molecule has 1 N–H and O–H groups in total. The van der Waals surface area contributed by atoms with Crippen LogP contribution in [0.5, 0.6) is 0 Å². The molecule has 0 aromatic rings. The first-order valence-corrected chi connectivity index (χ1v) is 5.64. The highest BCUT2D eigenvalue weighted by molar-refractivity contribution is 6.24. The summed E-state index contributed by atoms with van der Waals surface area (Å²) in [6.07, 6.45) is 3.73. The number of unbranched alkanes of at least 4 members (excludes halogenated alkanes) is 2. The first-order chi connectivity index (χ1) is 6.95. The minimum atomic E-state index is -0.280. The third-order valence-electron chi connectivity index (χ3n) is 2.06. The van der Waals surface area contributed by atoms with Crippen molar-refractivity contribution in [1.82, 2.24) is 5.32 Å². The summed E-state index contributed by atoms with van der Waals surface area (Å²) in [6, 6.07) is 0. The molecular formula is C12H23NO2. The van der Waals surface area contributed by atoms with Crippen LogP contribution in [0.4, 0.5) is 0 Å². The number of rotatable bonds is 8. The van der Waals surface area contributed by atoms with Gasteiger partial charge in [0, 0.05) is 6.42 Å². The van der Waals surface area contributed by atoms with Crippen LogP contribution in [0.2, 0.25) is 0 Å². The summed E-state index contributed by atoms with van der Waals surface area (Å²) < 4.78 is 0. The first-order valence-electron chi connectivity index (χ1n) is 5.64. The van der Waals surface area contributed by atoms with Gasteiger partial charge in [0.25, 0.3) is 0 Å². The van der Waals surface area contributed by atoms with Crippen LogP contribution in [0, 0.1) is 5.41 Å². The van der Waals surface area contributed by atoms with Crippen molar-refractivity contribution in [2.75, 3.05) is 13.1 Å². The zero-order valence-electron chi connectivity index (χ0n) is 10.1. The Balaban J connectivity index is 3.19. The summed E-state index contributed by atoms with van der Waals surface area (Å²) >= 11 is 0. The van der Waals surface area contributed by atoms with Crippen molar-refractivity contribution in [1.29, 1.82) is 0 Å². The van der Waals surface area contributed by atoms with Gasteiger partial charge in [-0.2, -0.15) is 0 Å². The highest BCUT2D eigenvalue weighted by Gasteiger charge is 2.08. The second-order valence-corrected chi connectivity index (χ2v) is 5.13. The molecule has 0 rings (SSSR count). The molecule has 0 amide bonds. The Kier molecular flexibility index (Phi) is 7.22. The second-order valence-electron chi connectivity index (χ2n) is 5.13. The van der Waals surface area contributed by atoms with Gasteiger partial charge in [-0.25, -0.2) is 0 Å². The zero-order chi connectivity index (χ0) is 11.7. The maximum atomic E-state index is 10.6. The van der Waals surface area contributed by atoms with Gasteiger partial charge in [0.1, 0.15) is 0 Å². The lowest BCUT2D eigenvalue weighted by atomic mass is 9.97. The van der Waals surface area contributed by atoms with E-state index in [1.807, 2.05) is 0 Å². The van der Waals surface area contributed by atoms with Crippen LogP contribution in [-0.4, -0.2) is 25.2 Å². The monoisotopic (exact) mass is 213 g/mol. The Bertz CT molecular complexity index is 194. The molecule has 15 heavy (non-hydrogen) atoms. The number of Topliss-reactive ketones (excluding diaryl/α,β-unsaturated/α-hetero) is 1. The van der Waals surface area contributed by atoms with Crippen molar-refractivity contribution >= 4 is 12.1 Å². The predicted octanol–water partition coefficient (Wildman–Crippen LogP) is 1.95. The lowest BCUT2D eigenvalue weighted by Gasteiger charge is -2.18. The number of aldehydes is 1. The van der Waals surface area contributed by atoms with Gasteiger partial charge in [-0.3, -0.25) is 9.59 Å². The molecule has 0 aromatic carbocycles. The van der Waals surface area contributed by atoms with Crippen LogP contribution in [0.1, 0.15) is 46.5 Å². The minimum absolute atomic E-state index is 0.280. The van der Waals surface area contributed by atoms with Gasteiger partial charge in [0.15, 0.2) is 12.1 Å². The number of carbonyl (C=O) groups is 2. The molecule has 0 unspecified atom stereocenters. The van der Waals surface area contributed by atoms with Crippen molar-refractivity contribution in [3.05, 3.63) is 0 Å². The summed E-state index contributed by atoms with van der Waals surface area (Å²) in [6.45, 7) is 8.60. The topological polar surface area (TPSA) is 46.2 Å². The molecule has 3 heteroatoms. The summed E-state index contributed by atoms with van der Waals surface area (Å²) in [5.74, 6) is -0.280. The predicted molar refractivity (Wildman–Crippen MR) is 61.9 cm³/mol. The normalized spacial score (nSPS) is 11.4. The largest absolute Gasteiger partial charge is 0.316 e. The number of carbonyl (C=O) groups excluding carboxylic acids is 2. The Morgan fingerprint density at radius 2 is 1.87 bits per heavy atom. The van der Waals surface area contributed by atoms with Gasteiger partial charge >= 0.3 is 0 Å². The number of nitrogens with one attached hydrogen (secondary N) is 1. The third-order valence-corrected chi connectivity index (χ3v) is 2.06. The fourth-order valence-electron chi connectivity index (χ4n) is 1.25. The van der Waals surface area contributed by atoms with E-state index in [1.165, 1.54) is 0 Å². The van der Waals surface area contributed by atoms with Crippen molar-refractivity contribution in [3.63, 3.8) is 0 Å². The highest BCUT2D eigenvalue weighted by Crippen LogP contribution is 2.10. The molecule has 0 aliphatic heterocycles. The lowest BCUT2D eigenvalue weighted by molar-refractivity contribution is -0.129.